The molecule has 3 rings (SSSR count). The number of hydrogen-bond donors (Lipinski definition) is 3. The van der Waals surface area contributed by atoms with Gasteiger partial charge in [-0.3, -0.25) is 9.36 Å². The van der Waals surface area contributed by atoms with Gasteiger partial charge in [-0.1, -0.05) is 19.3 Å². The molecule has 2 unspecified atom stereocenters. The lowest BCUT2D eigenvalue weighted by Crippen LogP contribution is -2.36. The van der Waals surface area contributed by atoms with Crippen molar-refractivity contribution in [3.05, 3.63) is 22.7 Å². The molecule has 1 aliphatic heterocycles. The van der Waals surface area contributed by atoms with Crippen LogP contribution in [0.25, 0.3) is 0 Å². The molecule has 0 aromatic carbocycles. The molecule has 0 spiro atoms. The van der Waals surface area contributed by atoms with Crippen molar-refractivity contribution < 1.29 is 19.7 Å². The molecule has 0 radical (unpaired) electrons. The summed E-state index contributed by atoms with van der Waals surface area (Å²) >= 11 is 1.19. The molecule has 1 saturated heterocycles. The van der Waals surface area contributed by atoms with Crippen molar-refractivity contribution in [2.24, 2.45) is 5.92 Å². The number of nitrogen functional groups attached to an aromatic ring is 1. The fourth-order valence-electron chi connectivity index (χ4n) is 3.34. The summed E-state index contributed by atoms with van der Waals surface area (Å²) in [5, 5.41) is 19.3. The number of anilines is 1. The summed E-state index contributed by atoms with van der Waals surface area (Å²) in [6.07, 6.45) is 4.09. The van der Waals surface area contributed by atoms with Gasteiger partial charge in [0.05, 0.1) is 17.3 Å². The molecule has 138 valence electrons. The van der Waals surface area contributed by atoms with Gasteiger partial charge >= 0.3 is 11.7 Å². The third-order valence-electron chi connectivity index (χ3n) is 4.79. The summed E-state index contributed by atoms with van der Waals surface area (Å²) in [4.78, 5) is 27.7. The van der Waals surface area contributed by atoms with Crippen LogP contribution >= 0.6 is 11.8 Å². The number of carbonyl (C=O) groups is 1. The highest BCUT2D eigenvalue weighted by atomic mass is 32.2. The Morgan fingerprint density at radius 1 is 1.32 bits per heavy atom. The van der Waals surface area contributed by atoms with Crippen LogP contribution in [0.15, 0.2) is 17.1 Å². The molecular weight excluding hydrogens is 346 g/mol. The lowest BCUT2D eigenvalue weighted by Gasteiger charge is -2.21. The molecule has 1 aromatic rings. The summed E-state index contributed by atoms with van der Waals surface area (Å²) in [6.45, 7) is 0.00583. The number of hydrogen-bond acceptors (Lipinski definition) is 8. The number of aromatic nitrogens is 2. The van der Waals surface area contributed by atoms with Crippen molar-refractivity contribution >= 4 is 23.5 Å². The van der Waals surface area contributed by atoms with Crippen molar-refractivity contribution in [1.29, 1.82) is 0 Å². The molecule has 1 saturated carbocycles. The molecule has 25 heavy (non-hydrogen) atoms. The van der Waals surface area contributed by atoms with Crippen LogP contribution in [0.3, 0.4) is 0 Å². The molecule has 4 N–H and O–H groups in total. The number of aliphatic hydroxyl groups excluding tert-OH is 2. The van der Waals surface area contributed by atoms with E-state index in [1.165, 1.54) is 28.6 Å². The van der Waals surface area contributed by atoms with Crippen molar-refractivity contribution in [2.75, 3.05) is 12.3 Å². The predicted molar refractivity (Wildman–Crippen MR) is 92.9 cm³/mol. The number of carbonyl (C=O) groups excluding carboxylic acids is 1. The number of nitrogens with two attached hydrogens (primary N) is 1. The number of thioether (sulfide) groups is 1. The highest BCUT2D eigenvalue weighted by molar-refractivity contribution is 8.00. The van der Waals surface area contributed by atoms with Gasteiger partial charge in [0, 0.05) is 6.20 Å². The summed E-state index contributed by atoms with van der Waals surface area (Å²) in [5.41, 5.74) is 4.87. The molecular formula is C16H23N3O5S. The van der Waals surface area contributed by atoms with Gasteiger partial charge in [-0.05, 0) is 18.9 Å². The van der Waals surface area contributed by atoms with Crippen molar-refractivity contribution in [2.45, 2.75) is 54.9 Å². The number of nitrogens with zero attached hydrogens (tertiary/aromatic N) is 2. The molecule has 1 aromatic heterocycles. The number of rotatable bonds is 4. The highest BCUT2D eigenvalue weighted by Crippen LogP contribution is 2.41. The first-order valence-corrected chi connectivity index (χ1v) is 9.44. The molecule has 2 aliphatic rings. The van der Waals surface area contributed by atoms with E-state index in [0.717, 1.165) is 32.1 Å². The van der Waals surface area contributed by atoms with Crippen LogP contribution in [0, 0.1) is 5.92 Å². The Labute approximate surface area is 149 Å². The zero-order valence-corrected chi connectivity index (χ0v) is 14.6. The Morgan fingerprint density at radius 3 is 2.72 bits per heavy atom. The van der Waals surface area contributed by atoms with Crippen molar-refractivity contribution in [3.63, 3.8) is 0 Å². The summed E-state index contributed by atoms with van der Waals surface area (Å²) in [7, 11) is 0. The molecule has 1 aliphatic carbocycles. The average molecular weight is 369 g/mol. The fourth-order valence-corrected chi connectivity index (χ4v) is 4.78. The Balaban J connectivity index is 1.61. The Hall–Kier alpha value is -1.58. The molecule has 8 nitrogen and oxygen atoms in total. The average Bonchev–Trinajstić information content (AvgIpc) is 2.89. The molecule has 2 heterocycles. The van der Waals surface area contributed by atoms with Crippen LogP contribution in [0.2, 0.25) is 0 Å². The van der Waals surface area contributed by atoms with Crippen molar-refractivity contribution in [3.8, 4) is 0 Å². The smallest absolute Gasteiger partial charge is 0.350 e. The van der Waals surface area contributed by atoms with E-state index in [-0.39, 0.29) is 24.3 Å². The van der Waals surface area contributed by atoms with E-state index in [9.17, 15) is 19.8 Å². The van der Waals surface area contributed by atoms with E-state index in [4.69, 9.17) is 10.5 Å². The van der Waals surface area contributed by atoms with Gasteiger partial charge in [0.2, 0.25) is 0 Å². The van der Waals surface area contributed by atoms with Crippen molar-refractivity contribution in [1.82, 2.24) is 9.55 Å². The second-order valence-corrected chi connectivity index (χ2v) is 7.91. The standard InChI is InChI=1S/C16H23N3O5S/c17-11-6-7-19(16(23)18-11)14-13(21)12(20)10(25-14)8-24-15(22)9-4-2-1-3-5-9/h6-7,9-10,12-14,20-21H,1-5,8H2,(H2,17,18,23)/t10-,12?,13?,14-/m1/s1. The second kappa shape index (κ2) is 7.76. The minimum atomic E-state index is -1.16. The first-order valence-electron chi connectivity index (χ1n) is 8.50. The predicted octanol–water partition coefficient (Wildman–Crippen LogP) is 0.285. The molecule has 9 heteroatoms. The third-order valence-corrected chi connectivity index (χ3v) is 6.34. The zero-order chi connectivity index (χ0) is 18.0. The first-order chi connectivity index (χ1) is 12.0. The van der Waals surface area contributed by atoms with E-state index in [1.807, 2.05) is 0 Å². The quantitative estimate of drug-likeness (QED) is 0.646. The Bertz CT molecular complexity index is 676. The number of ether oxygens (including phenoxy) is 1. The molecule has 2 fully saturated rings. The molecule has 0 bridgehead atoms. The van der Waals surface area contributed by atoms with Gasteiger partial charge in [-0.25, -0.2) is 4.79 Å². The SMILES string of the molecule is Nc1ccn([C@@H]2S[C@H](COC(=O)C3CCCCC3)C(O)C2O)c(=O)n1. The fraction of sp³-hybridized carbons (Fsp3) is 0.688. The van der Waals surface area contributed by atoms with Crippen LogP contribution in [-0.2, 0) is 9.53 Å². The molecule has 4 atom stereocenters. The number of esters is 1. The second-order valence-electron chi connectivity index (χ2n) is 6.55. The van der Waals surface area contributed by atoms with Crippen LogP contribution < -0.4 is 11.4 Å². The Morgan fingerprint density at radius 2 is 2.04 bits per heavy atom. The minimum Gasteiger partial charge on any atom is -0.464 e. The first kappa shape index (κ1) is 18.2. The van der Waals surface area contributed by atoms with E-state index in [0.29, 0.717) is 0 Å². The van der Waals surface area contributed by atoms with E-state index < -0.39 is 28.5 Å². The minimum absolute atomic E-state index is 0.00583. The maximum absolute atomic E-state index is 12.1. The van der Waals surface area contributed by atoms with Crippen LogP contribution in [-0.4, -0.2) is 49.8 Å². The monoisotopic (exact) mass is 369 g/mol. The highest BCUT2D eigenvalue weighted by Gasteiger charge is 2.44. The third kappa shape index (κ3) is 3.99. The van der Waals surface area contributed by atoms with E-state index >= 15 is 0 Å². The normalized spacial score (nSPS) is 30.3. The topological polar surface area (TPSA) is 128 Å². The van der Waals surface area contributed by atoms with Gasteiger partial charge < -0.3 is 20.7 Å². The largest absolute Gasteiger partial charge is 0.464 e. The van der Waals surface area contributed by atoms with Gasteiger partial charge in [0.25, 0.3) is 0 Å². The van der Waals surface area contributed by atoms with Crippen LogP contribution in [0.4, 0.5) is 5.82 Å². The van der Waals surface area contributed by atoms with Gasteiger partial charge in [0.15, 0.2) is 0 Å². The van der Waals surface area contributed by atoms with Gasteiger partial charge in [0.1, 0.15) is 23.9 Å². The lowest BCUT2D eigenvalue weighted by molar-refractivity contribution is -0.150. The maximum Gasteiger partial charge on any atom is 0.350 e. The number of aliphatic hydroxyl groups is 2. The lowest BCUT2D eigenvalue weighted by atomic mass is 9.89. The van der Waals surface area contributed by atoms with E-state index in [2.05, 4.69) is 4.98 Å². The summed E-state index contributed by atoms with van der Waals surface area (Å²) in [6, 6.07) is 1.46. The maximum atomic E-state index is 12.1. The Kier molecular flexibility index (Phi) is 5.65. The van der Waals surface area contributed by atoms with Crippen LogP contribution in [0.1, 0.15) is 37.5 Å². The zero-order valence-electron chi connectivity index (χ0n) is 13.8. The van der Waals surface area contributed by atoms with Crippen LogP contribution in [0.5, 0.6) is 0 Å². The van der Waals surface area contributed by atoms with Gasteiger partial charge in [-0.15, -0.1) is 11.8 Å². The van der Waals surface area contributed by atoms with Gasteiger partial charge in [-0.2, -0.15) is 4.98 Å². The summed E-state index contributed by atoms with van der Waals surface area (Å²) < 4.78 is 6.60. The van der Waals surface area contributed by atoms with E-state index in [1.54, 1.807) is 0 Å². The summed E-state index contributed by atoms with van der Waals surface area (Å²) in [5.74, 6) is -0.212. The molecule has 0 amide bonds.